The second kappa shape index (κ2) is 3.85. The molecule has 0 saturated carbocycles. The fourth-order valence-corrected chi connectivity index (χ4v) is 1.20. The Morgan fingerprint density at radius 3 is 2.58 bits per heavy atom. The Morgan fingerprint density at radius 1 is 1.42 bits per heavy atom. The first kappa shape index (κ1) is 9.45. The number of ether oxygens (including phenoxy) is 1. The molecule has 0 aliphatic heterocycles. The molecule has 0 amide bonds. The highest BCUT2D eigenvalue weighted by molar-refractivity contribution is 9.10. The molecule has 1 aromatic carbocycles. The molecule has 0 saturated heterocycles. The number of benzene rings is 1. The van der Waals surface area contributed by atoms with Gasteiger partial charge in [-0.25, -0.2) is 8.78 Å². The van der Waals surface area contributed by atoms with Gasteiger partial charge in [-0.15, -0.1) is 0 Å². The van der Waals surface area contributed by atoms with E-state index in [0.717, 1.165) is 6.07 Å². The average molecular weight is 237 g/mol. The first-order valence-electron chi connectivity index (χ1n) is 3.42. The number of hydrogen-bond acceptors (Lipinski definition) is 1. The SMILES string of the molecule is CCOc1cc(F)c(F)c(Br)c1. The van der Waals surface area contributed by atoms with E-state index in [0.29, 0.717) is 12.4 Å². The van der Waals surface area contributed by atoms with E-state index in [1.807, 2.05) is 0 Å². The average Bonchev–Trinajstić information content (AvgIpc) is 2.01. The Labute approximate surface area is 77.5 Å². The van der Waals surface area contributed by atoms with E-state index in [-0.39, 0.29) is 4.47 Å². The van der Waals surface area contributed by atoms with E-state index in [4.69, 9.17) is 4.74 Å². The van der Waals surface area contributed by atoms with Crippen LogP contribution in [0.15, 0.2) is 16.6 Å². The van der Waals surface area contributed by atoms with Gasteiger partial charge < -0.3 is 4.74 Å². The van der Waals surface area contributed by atoms with E-state index < -0.39 is 11.6 Å². The van der Waals surface area contributed by atoms with Gasteiger partial charge in [-0.1, -0.05) is 0 Å². The minimum atomic E-state index is -0.909. The van der Waals surface area contributed by atoms with E-state index in [1.165, 1.54) is 6.07 Å². The molecule has 1 aromatic rings. The molecule has 4 heteroatoms. The zero-order valence-corrected chi connectivity index (χ0v) is 7.99. The summed E-state index contributed by atoms with van der Waals surface area (Å²) in [6.07, 6.45) is 0. The predicted molar refractivity (Wildman–Crippen MR) is 45.2 cm³/mol. The van der Waals surface area contributed by atoms with Crippen molar-refractivity contribution in [3.63, 3.8) is 0 Å². The highest BCUT2D eigenvalue weighted by Crippen LogP contribution is 2.24. The topological polar surface area (TPSA) is 9.23 Å². The summed E-state index contributed by atoms with van der Waals surface area (Å²) in [4.78, 5) is 0. The molecule has 0 aromatic heterocycles. The molecule has 0 atom stereocenters. The Balaban J connectivity index is 3.04. The summed E-state index contributed by atoms with van der Waals surface area (Å²) in [5, 5.41) is 0. The van der Waals surface area contributed by atoms with Crippen molar-refractivity contribution in [1.29, 1.82) is 0 Å². The molecule has 0 unspecified atom stereocenters. The summed E-state index contributed by atoms with van der Waals surface area (Å²) in [7, 11) is 0. The standard InChI is InChI=1S/C8H7BrF2O/c1-2-12-5-3-6(9)8(11)7(10)4-5/h3-4H,2H2,1H3. The third-order valence-corrected chi connectivity index (χ3v) is 1.85. The maximum absolute atomic E-state index is 12.7. The lowest BCUT2D eigenvalue weighted by molar-refractivity contribution is 0.336. The van der Waals surface area contributed by atoms with Gasteiger partial charge in [-0.3, -0.25) is 0 Å². The molecule has 1 nitrogen and oxygen atoms in total. The van der Waals surface area contributed by atoms with Crippen LogP contribution in [0.3, 0.4) is 0 Å². The van der Waals surface area contributed by atoms with Gasteiger partial charge in [0.25, 0.3) is 0 Å². The van der Waals surface area contributed by atoms with Gasteiger partial charge in [0.1, 0.15) is 5.75 Å². The smallest absolute Gasteiger partial charge is 0.173 e. The Kier molecular flexibility index (Phi) is 3.03. The summed E-state index contributed by atoms with van der Waals surface area (Å²) in [6, 6.07) is 2.41. The summed E-state index contributed by atoms with van der Waals surface area (Å²) >= 11 is 2.87. The van der Waals surface area contributed by atoms with Crippen LogP contribution in [-0.2, 0) is 0 Å². The van der Waals surface area contributed by atoms with Crippen LogP contribution in [0.1, 0.15) is 6.92 Å². The molecule has 0 bridgehead atoms. The second-order valence-electron chi connectivity index (χ2n) is 2.13. The zero-order chi connectivity index (χ0) is 9.14. The van der Waals surface area contributed by atoms with E-state index in [9.17, 15) is 8.78 Å². The Bertz CT molecular complexity index is 265. The third-order valence-electron chi connectivity index (χ3n) is 1.27. The Morgan fingerprint density at radius 2 is 2.08 bits per heavy atom. The summed E-state index contributed by atoms with van der Waals surface area (Å²) in [5.41, 5.74) is 0. The minimum Gasteiger partial charge on any atom is -0.494 e. The fourth-order valence-electron chi connectivity index (χ4n) is 0.782. The van der Waals surface area contributed by atoms with Gasteiger partial charge in [0.2, 0.25) is 0 Å². The van der Waals surface area contributed by atoms with Gasteiger partial charge in [0.15, 0.2) is 11.6 Å². The molecule has 0 radical (unpaired) electrons. The maximum Gasteiger partial charge on any atom is 0.173 e. The van der Waals surface area contributed by atoms with E-state index >= 15 is 0 Å². The van der Waals surface area contributed by atoms with Gasteiger partial charge >= 0.3 is 0 Å². The van der Waals surface area contributed by atoms with Crippen LogP contribution in [0.2, 0.25) is 0 Å². The van der Waals surface area contributed by atoms with Gasteiger partial charge in [0, 0.05) is 6.07 Å². The maximum atomic E-state index is 12.7. The second-order valence-corrected chi connectivity index (χ2v) is 2.99. The van der Waals surface area contributed by atoms with Crippen LogP contribution >= 0.6 is 15.9 Å². The first-order chi connectivity index (χ1) is 5.65. The largest absolute Gasteiger partial charge is 0.494 e. The highest BCUT2D eigenvalue weighted by atomic mass is 79.9. The van der Waals surface area contributed by atoms with Crippen molar-refractivity contribution in [1.82, 2.24) is 0 Å². The van der Waals surface area contributed by atoms with Crippen molar-refractivity contribution in [3.8, 4) is 5.75 Å². The van der Waals surface area contributed by atoms with Crippen molar-refractivity contribution in [2.24, 2.45) is 0 Å². The number of hydrogen-bond donors (Lipinski definition) is 0. The fraction of sp³-hybridized carbons (Fsp3) is 0.250. The molecule has 66 valence electrons. The molecule has 0 aliphatic rings. The van der Waals surface area contributed by atoms with E-state index in [2.05, 4.69) is 15.9 Å². The first-order valence-corrected chi connectivity index (χ1v) is 4.21. The van der Waals surface area contributed by atoms with Crippen molar-refractivity contribution in [3.05, 3.63) is 28.2 Å². The number of rotatable bonds is 2. The van der Waals surface area contributed by atoms with Crippen LogP contribution in [0, 0.1) is 11.6 Å². The van der Waals surface area contributed by atoms with Gasteiger partial charge in [-0.2, -0.15) is 0 Å². The highest BCUT2D eigenvalue weighted by Gasteiger charge is 2.08. The van der Waals surface area contributed by atoms with E-state index in [1.54, 1.807) is 6.92 Å². The lowest BCUT2D eigenvalue weighted by Gasteiger charge is -2.04. The van der Waals surface area contributed by atoms with Crippen molar-refractivity contribution in [2.75, 3.05) is 6.61 Å². The molecular weight excluding hydrogens is 230 g/mol. The molecule has 0 aliphatic carbocycles. The Hall–Kier alpha value is -0.640. The summed E-state index contributed by atoms with van der Waals surface area (Å²) in [6.45, 7) is 2.20. The van der Waals surface area contributed by atoms with Crippen LogP contribution in [0.25, 0.3) is 0 Å². The molecule has 0 heterocycles. The molecule has 1 rings (SSSR count). The predicted octanol–water partition coefficient (Wildman–Crippen LogP) is 3.13. The van der Waals surface area contributed by atoms with Crippen LogP contribution in [-0.4, -0.2) is 6.61 Å². The lowest BCUT2D eigenvalue weighted by Crippen LogP contribution is -1.94. The molecular formula is C8H7BrF2O. The van der Waals surface area contributed by atoms with Crippen LogP contribution in [0.5, 0.6) is 5.75 Å². The molecule has 0 N–H and O–H groups in total. The molecule has 0 spiro atoms. The van der Waals surface area contributed by atoms with Crippen molar-refractivity contribution < 1.29 is 13.5 Å². The summed E-state index contributed by atoms with van der Waals surface area (Å²) < 4.78 is 30.4. The minimum absolute atomic E-state index is 0.0750. The quantitative estimate of drug-likeness (QED) is 0.718. The lowest BCUT2D eigenvalue weighted by atomic mass is 10.3. The normalized spacial score (nSPS) is 10.0. The zero-order valence-electron chi connectivity index (χ0n) is 6.40. The summed E-state index contributed by atoms with van der Waals surface area (Å²) in [5.74, 6) is -1.48. The number of halogens is 3. The third kappa shape index (κ3) is 1.94. The van der Waals surface area contributed by atoms with Crippen molar-refractivity contribution in [2.45, 2.75) is 6.92 Å². The van der Waals surface area contributed by atoms with Gasteiger partial charge in [0.05, 0.1) is 11.1 Å². The van der Waals surface area contributed by atoms with Crippen molar-refractivity contribution >= 4 is 15.9 Å². The van der Waals surface area contributed by atoms with Crippen LogP contribution < -0.4 is 4.74 Å². The van der Waals surface area contributed by atoms with Crippen LogP contribution in [0.4, 0.5) is 8.78 Å². The monoisotopic (exact) mass is 236 g/mol. The molecule has 12 heavy (non-hydrogen) atoms. The van der Waals surface area contributed by atoms with Gasteiger partial charge in [-0.05, 0) is 28.9 Å². The molecule has 0 fully saturated rings.